The van der Waals surface area contributed by atoms with E-state index in [0.717, 1.165) is 0 Å². The molecule has 0 unspecified atom stereocenters. The fraction of sp³-hybridized carbons (Fsp3) is 0.0769. The van der Waals surface area contributed by atoms with Crippen molar-refractivity contribution >= 4 is 5.82 Å². The Balaban J connectivity index is 2.31. The zero-order valence-electron chi connectivity index (χ0n) is 9.75. The van der Waals surface area contributed by atoms with Crippen LogP contribution in [0.3, 0.4) is 0 Å². The molecule has 18 heavy (non-hydrogen) atoms. The number of pyridine rings is 1. The number of anilines is 1. The van der Waals surface area contributed by atoms with Gasteiger partial charge in [0.05, 0.1) is 18.7 Å². The van der Waals surface area contributed by atoms with E-state index < -0.39 is 0 Å². The van der Waals surface area contributed by atoms with Gasteiger partial charge in [0, 0.05) is 18.3 Å². The molecular formula is C13H11N3O2. The molecule has 1 heterocycles. The van der Waals surface area contributed by atoms with Crippen molar-refractivity contribution < 1.29 is 9.47 Å². The van der Waals surface area contributed by atoms with Crippen molar-refractivity contribution in [3.8, 4) is 23.3 Å². The lowest BCUT2D eigenvalue weighted by molar-refractivity contribution is 0.409. The van der Waals surface area contributed by atoms with E-state index in [-0.39, 0.29) is 0 Å². The number of hydrogen-bond acceptors (Lipinski definition) is 5. The number of ether oxygens (including phenoxy) is 2. The third kappa shape index (κ3) is 2.68. The van der Waals surface area contributed by atoms with Gasteiger partial charge in [-0.05, 0) is 18.2 Å². The van der Waals surface area contributed by atoms with Crippen molar-refractivity contribution in [2.24, 2.45) is 0 Å². The highest BCUT2D eigenvalue weighted by molar-refractivity contribution is 5.46. The highest BCUT2D eigenvalue weighted by atomic mass is 16.5. The molecule has 2 aromatic rings. The van der Waals surface area contributed by atoms with Gasteiger partial charge in [-0.1, -0.05) is 0 Å². The van der Waals surface area contributed by atoms with Gasteiger partial charge < -0.3 is 15.2 Å². The number of nitrogen functional groups attached to an aromatic ring is 1. The van der Waals surface area contributed by atoms with Crippen molar-refractivity contribution in [1.29, 1.82) is 5.26 Å². The van der Waals surface area contributed by atoms with E-state index >= 15 is 0 Å². The van der Waals surface area contributed by atoms with Gasteiger partial charge in [0.1, 0.15) is 23.1 Å². The molecule has 5 nitrogen and oxygen atoms in total. The Labute approximate surface area is 104 Å². The highest BCUT2D eigenvalue weighted by Crippen LogP contribution is 2.27. The molecule has 1 aromatic heterocycles. The van der Waals surface area contributed by atoms with E-state index in [9.17, 15) is 0 Å². The first-order valence-electron chi connectivity index (χ1n) is 5.20. The van der Waals surface area contributed by atoms with Gasteiger partial charge in [0.2, 0.25) is 0 Å². The molecular weight excluding hydrogens is 230 g/mol. The minimum Gasteiger partial charge on any atom is -0.497 e. The van der Waals surface area contributed by atoms with Gasteiger partial charge in [0.15, 0.2) is 0 Å². The third-order valence-corrected chi connectivity index (χ3v) is 2.23. The predicted molar refractivity (Wildman–Crippen MR) is 66.4 cm³/mol. The summed E-state index contributed by atoms with van der Waals surface area (Å²) in [4.78, 5) is 3.87. The zero-order valence-corrected chi connectivity index (χ0v) is 9.75. The predicted octanol–water partition coefficient (Wildman–Crippen LogP) is 2.34. The van der Waals surface area contributed by atoms with E-state index in [4.69, 9.17) is 20.5 Å². The molecule has 0 spiro atoms. The number of nitrogens with zero attached hydrogens (tertiary/aromatic N) is 2. The maximum Gasteiger partial charge on any atom is 0.132 e. The summed E-state index contributed by atoms with van der Waals surface area (Å²) in [6.45, 7) is 0. The van der Waals surface area contributed by atoms with Crippen LogP contribution in [0, 0.1) is 11.3 Å². The molecule has 0 aliphatic carbocycles. The van der Waals surface area contributed by atoms with Crippen molar-refractivity contribution in [2.45, 2.75) is 0 Å². The van der Waals surface area contributed by atoms with E-state index in [1.807, 2.05) is 6.07 Å². The lowest BCUT2D eigenvalue weighted by Crippen LogP contribution is -1.92. The van der Waals surface area contributed by atoms with Crippen LogP contribution in [0.15, 0.2) is 36.5 Å². The molecule has 0 aliphatic rings. The maximum absolute atomic E-state index is 8.90. The van der Waals surface area contributed by atoms with Crippen molar-refractivity contribution in [3.63, 3.8) is 0 Å². The smallest absolute Gasteiger partial charge is 0.132 e. The molecule has 0 amide bonds. The molecule has 0 saturated heterocycles. The molecule has 0 radical (unpaired) electrons. The number of methoxy groups -OCH3 is 1. The fourth-order valence-corrected chi connectivity index (χ4v) is 1.44. The molecule has 2 N–H and O–H groups in total. The van der Waals surface area contributed by atoms with Crippen LogP contribution in [0.2, 0.25) is 0 Å². The summed E-state index contributed by atoms with van der Waals surface area (Å²) in [5, 5.41) is 8.90. The number of hydrogen-bond donors (Lipinski definition) is 1. The lowest BCUT2D eigenvalue weighted by Gasteiger charge is -2.08. The minimum absolute atomic E-state index is 0.371. The normalized spacial score (nSPS) is 9.56. The number of rotatable bonds is 3. The SMILES string of the molecule is COc1cc(C#N)cc(Oc2ccnc(N)c2)c1. The summed E-state index contributed by atoms with van der Waals surface area (Å²) in [6, 6.07) is 10.3. The van der Waals surface area contributed by atoms with E-state index in [1.54, 1.807) is 36.5 Å². The molecule has 0 bridgehead atoms. The first-order chi connectivity index (χ1) is 8.71. The van der Waals surface area contributed by atoms with Gasteiger partial charge in [-0.25, -0.2) is 4.98 Å². The van der Waals surface area contributed by atoms with E-state index in [0.29, 0.717) is 28.6 Å². The topological polar surface area (TPSA) is 81.2 Å². The van der Waals surface area contributed by atoms with Crippen LogP contribution in [-0.4, -0.2) is 12.1 Å². The highest BCUT2D eigenvalue weighted by Gasteiger charge is 2.04. The molecule has 0 fully saturated rings. The molecule has 0 saturated carbocycles. The Bertz CT molecular complexity index is 605. The largest absolute Gasteiger partial charge is 0.497 e. The molecule has 0 atom stereocenters. The molecule has 0 aliphatic heterocycles. The van der Waals surface area contributed by atoms with Gasteiger partial charge >= 0.3 is 0 Å². The monoisotopic (exact) mass is 241 g/mol. The third-order valence-electron chi connectivity index (χ3n) is 2.23. The lowest BCUT2D eigenvalue weighted by atomic mass is 10.2. The average molecular weight is 241 g/mol. The Morgan fingerprint density at radius 3 is 2.61 bits per heavy atom. The van der Waals surface area contributed by atoms with Crippen LogP contribution in [-0.2, 0) is 0 Å². The molecule has 5 heteroatoms. The summed E-state index contributed by atoms with van der Waals surface area (Å²) in [6.07, 6.45) is 1.55. The second-order valence-electron chi connectivity index (χ2n) is 3.53. The van der Waals surface area contributed by atoms with Crippen LogP contribution in [0.25, 0.3) is 0 Å². The molecule has 1 aromatic carbocycles. The summed E-state index contributed by atoms with van der Waals surface area (Å²) in [5.74, 6) is 2.00. The van der Waals surface area contributed by atoms with Gasteiger partial charge in [-0.3, -0.25) is 0 Å². The van der Waals surface area contributed by atoms with Gasteiger partial charge in [-0.15, -0.1) is 0 Å². The quantitative estimate of drug-likeness (QED) is 0.891. The Kier molecular flexibility index (Phi) is 3.30. The Morgan fingerprint density at radius 1 is 1.17 bits per heavy atom. The van der Waals surface area contributed by atoms with E-state index in [1.165, 1.54) is 7.11 Å². The number of nitriles is 1. The summed E-state index contributed by atoms with van der Waals surface area (Å²) in [5.41, 5.74) is 6.02. The van der Waals surface area contributed by atoms with Crippen LogP contribution in [0.1, 0.15) is 5.56 Å². The maximum atomic E-state index is 8.90. The minimum atomic E-state index is 0.371. The summed E-state index contributed by atoms with van der Waals surface area (Å²) in [7, 11) is 1.53. The second-order valence-corrected chi connectivity index (χ2v) is 3.53. The Morgan fingerprint density at radius 2 is 1.94 bits per heavy atom. The Hall–Kier alpha value is -2.74. The van der Waals surface area contributed by atoms with Crippen LogP contribution >= 0.6 is 0 Å². The number of aromatic nitrogens is 1. The molecule has 2 rings (SSSR count). The van der Waals surface area contributed by atoms with Crippen LogP contribution < -0.4 is 15.2 Å². The van der Waals surface area contributed by atoms with Crippen LogP contribution in [0.5, 0.6) is 17.2 Å². The second kappa shape index (κ2) is 5.06. The fourth-order valence-electron chi connectivity index (χ4n) is 1.44. The van der Waals surface area contributed by atoms with Crippen molar-refractivity contribution in [2.75, 3.05) is 12.8 Å². The first-order valence-corrected chi connectivity index (χ1v) is 5.20. The van der Waals surface area contributed by atoms with Crippen molar-refractivity contribution in [1.82, 2.24) is 4.98 Å². The number of benzene rings is 1. The average Bonchev–Trinajstić information content (AvgIpc) is 2.38. The summed E-state index contributed by atoms with van der Waals surface area (Å²) >= 11 is 0. The summed E-state index contributed by atoms with van der Waals surface area (Å²) < 4.78 is 10.7. The van der Waals surface area contributed by atoms with Gasteiger partial charge in [-0.2, -0.15) is 5.26 Å². The van der Waals surface area contributed by atoms with E-state index in [2.05, 4.69) is 4.98 Å². The van der Waals surface area contributed by atoms with Gasteiger partial charge in [0.25, 0.3) is 0 Å². The number of nitrogens with two attached hydrogens (primary N) is 1. The standard InChI is InChI=1S/C13H11N3O2/c1-17-11-4-9(8-14)5-12(6-11)18-10-2-3-16-13(15)7-10/h2-7H,1H3,(H2,15,16). The molecule has 90 valence electrons. The first kappa shape index (κ1) is 11.7. The van der Waals surface area contributed by atoms with Crippen LogP contribution in [0.4, 0.5) is 5.82 Å². The zero-order chi connectivity index (χ0) is 13.0. The van der Waals surface area contributed by atoms with Crippen molar-refractivity contribution in [3.05, 3.63) is 42.1 Å².